The summed E-state index contributed by atoms with van der Waals surface area (Å²) in [7, 11) is 3.16. The first-order chi connectivity index (χ1) is 17.9. The number of amides is 1. The highest BCUT2D eigenvalue weighted by Gasteiger charge is 2.34. The van der Waals surface area contributed by atoms with E-state index in [-0.39, 0.29) is 30.7 Å². The van der Waals surface area contributed by atoms with Crippen LogP contribution in [0.15, 0.2) is 42.5 Å². The third-order valence-electron chi connectivity index (χ3n) is 8.08. The van der Waals surface area contributed by atoms with Crippen LogP contribution in [0.25, 0.3) is 11.0 Å². The summed E-state index contributed by atoms with van der Waals surface area (Å²) in [4.78, 5) is 31.9. The Labute approximate surface area is 217 Å². The van der Waals surface area contributed by atoms with Gasteiger partial charge in [0.2, 0.25) is 0 Å². The van der Waals surface area contributed by atoms with Crippen molar-refractivity contribution in [3.63, 3.8) is 0 Å². The van der Waals surface area contributed by atoms with Crippen LogP contribution in [0, 0.1) is 0 Å². The lowest BCUT2D eigenvalue weighted by Crippen LogP contribution is -2.42. The highest BCUT2D eigenvalue weighted by molar-refractivity contribution is 5.95. The van der Waals surface area contributed by atoms with Gasteiger partial charge in [-0.1, -0.05) is 30.3 Å². The van der Waals surface area contributed by atoms with Crippen molar-refractivity contribution in [1.82, 2.24) is 9.55 Å². The first-order valence-corrected chi connectivity index (χ1v) is 13.1. The summed E-state index contributed by atoms with van der Waals surface area (Å²) in [5.74, 6) is -0.804. The van der Waals surface area contributed by atoms with Crippen LogP contribution in [-0.2, 0) is 27.1 Å². The van der Waals surface area contributed by atoms with Gasteiger partial charge in [0.15, 0.2) is 0 Å². The van der Waals surface area contributed by atoms with E-state index in [0.29, 0.717) is 0 Å². The topological polar surface area (TPSA) is 93.9 Å². The van der Waals surface area contributed by atoms with Gasteiger partial charge < -0.3 is 19.1 Å². The average Bonchev–Trinajstić information content (AvgIpc) is 3.30. The molecule has 37 heavy (non-hydrogen) atoms. The van der Waals surface area contributed by atoms with Crippen molar-refractivity contribution in [3.8, 4) is 0 Å². The summed E-state index contributed by atoms with van der Waals surface area (Å²) in [6, 6.07) is 13.6. The second-order valence-electron chi connectivity index (χ2n) is 10.2. The van der Waals surface area contributed by atoms with Crippen LogP contribution >= 0.6 is 0 Å². The summed E-state index contributed by atoms with van der Waals surface area (Å²) in [5, 5.41) is 10.2. The molecule has 196 valence electrons. The number of carbonyl (C=O) groups is 2. The molecule has 2 aliphatic rings. The van der Waals surface area contributed by atoms with E-state index < -0.39 is 11.9 Å². The van der Waals surface area contributed by atoms with Gasteiger partial charge in [0.25, 0.3) is 0 Å². The molecule has 3 aromatic rings. The molecule has 0 bridgehead atoms. The largest absolute Gasteiger partial charge is 0.481 e. The second kappa shape index (κ2) is 10.5. The number of carboxylic acids is 1. The molecule has 1 aliphatic carbocycles. The molecule has 1 saturated carbocycles. The van der Waals surface area contributed by atoms with Crippen molar-refractivity contribution in [2.45, 2.75) is 76.0 Å². The number of aryl methyl sites for hydroxylation is 1. The Hall–Kier alpha value is -3.39. The number of carboxylic acid groups (broad SMARTS) is 1. The highest BCUT2D eigenvalue weighted by Crippen LogP contribution is 2.40. The van der Waals surface area contributed by atoms with Gasteiger partial charge in [0, 0.05) is 31.2 Å². The number of ether oxygens (including phenoxy) is 2. The maximum atomic E-state index is 12.6. The quantitative estimate of drug-likeness (QED) is 0.476. The molecule has 8 heteroatoms. The zero-order valence-corrected chi connectivity index (χ0v) is 21.7. The van der Waals surface area contributed by atoms with Crippen molar-refractivity contribution >= 4 is 28.8 Å². The van der Waals surface area contributed by atoms with Crippen LogP contribution in [0.1, 0.15) is 67.9 Å². The number of hydrogen-bond donors (Lipinski definition) is 1. The van der Waals surface area contributed by atoms with Crippen LogP contribution in [0.2, 0.25) is 0 Å². The fraction of sp³-hybridized carbons (Fsp3) is 0.483. The van der Waals surface area contributed by atoms with Crippen molar-refractivity contribution in [2.24, 2.45) is 0 Å². The standard InChI is InChI=1S/C29H35N3O5/c1-18-12-13-22-24(31(18)29(35)37-3)14-15-25-27(22)30-26(32(25)20-10-7-11-21(16-20)36-2)17-23(28(33)34)19-8-5-4-6-9-19/h4-6,8-9,14-15,18,20-21,23H,7,10-13,16-17H2,1-3H3,(H,33,34)/t18-,20-,21-,23?/m0/s1. The van der Waals surface area contributed by atoms with Crippen LogP contribution in [0.3, 0.4) is 0 Å². The molecule has 5 rings (SSSR count). The normalized spacial score (nSPS) is 22.5. The van der Waals surface area contributed by atoms with Crippen LogP contribution in [0.5, 0.6) is 0 Å². The smallest absolute Gasteiger partial charge is 0.414 e. The lowest BCUT2D eigenvalue weighted by atomic mass is 9.91. The fourth-order valence-electron chi connectivity index (χ4n) is 6.16. The predicted molar refractivity (Wildman–Crippen MR) is 141 cm³/mol. The number of anilines is 1. The first kappa shape index (κ1) is 25.3. The monoisotopic (exact) mass is 505 g/mol. The van der Waals surface area contributed by atoms with E-state index >= 15 is 0 Å². The number of rotatable bonds is 6. The van der Waals surface area contributed by atoms with Crippen molar-refractivity contribution in [3.05, 3.63) is 59.4 Å². The molecule has 1 fully saturated rings. The van der Waals surface area contributed by atoms with E-state index in [1.54, 1.807) is 12.0 Å². The summed E-state index contributed by atoms with van der Waals surface area (Å²) in [6.45, 7) is 2.03. The van der Waals surface area contributed by atoms with Gasteiger partial charge in [0.1, 0.15) is 5.82 Å². The Morgan fingerprint density at radius 2 is 1.89 bits per heavy atom. The summed E-state index contributed by atoms with van der Waals surface area (Å²) < 4.78 is 13.1. The number of hydrogen-bond acceptors (Lipinski definition) is 5. The Balaban J connectivity index is 1.66. The molecule has 4 atom stereocenters. The van der Waals surface area contributed by atoms with Gasteiger partial charge >= 0.3 is 12.1 Å². The Morgan fingerprint density at radius 1 is 1.11 bits per heavy atom. The van der Waals surface area contributed by atoms with Gasteiger partial charge in [-0.25, -0.2) is 9.78 Å². The van der Waals surface area contributed by atoms with E-state index in [9.17, 15) is 14.7 Å². The molecule has 0 spiro atoms. The molecule has 8 nitrogen and oxygen atoms in total. The number of benzene rings is 2. The predicted octanol–water partition coefficient (Wildman–Crippen LogP) is 5.48. The lowest BCUT2D eigenvalue weighted by molar-refractivity contribution is -0.138. The minimum absolute atomic E-state index is 0.0224. The van der Waals surface area contributed by atoms with E-state index in [2.05, 4.69) is 4.57 Å². The number of aromatic nitrogens is 2. The Bertz CT molecular complexity index is 1290. The number of carbonyl (C=O) groups excluding carboxylic acids is 1. The van der Waals surface area contributed by atoms with Crippen LogP contribution < -0.4 is 4.90 Å². The minimum atomic E-state index is -0.865. The first-order valence-electron chi connectivity index (χ1n) is 13.1. The number of imidazole rings is 1. The van der Waals surface area contributed by atoms with E-state index in [4.69, 9.17) is 14.5 Å². The molecule has 0 saturated heterocycles. The number of fused-ring (bicyclic) bond motifs is 3. The molecular formula is C29H35N3O5. The van der Waals surface area contributed by atoms with Crippen molar-refractivity contribution < 1.29 is 24.2 Å². The fourth-order valence-corrected chi connectivity index (χ4v) is 6.16. The zero-order valence-electron chi connectivity index (χ0n) is 21.7. The van der Waals surface area contributed by atoms with Gasteiger partial charge in [-0.05, 0) is 63.1 Å². The van der Waals surface area contributed by atoms with E-state index in [0.717, 1.165) is 72.2 Å². The minimum Gasteiger partial charge on any atom is -0.481 e. The second-order valence-corrected chi connectivity index (χ2v) is 10.2. The summed E-state index contributed by atoms with van der Waals surface area (Å²) >= 11 is 0. The number of nitrogens with zero attached hydrogens (tertiary/aromatic N) is 3. The van der Waals surface area contributed by atoms with Crippen LogP contribution in [-0.4, -0.2) is 53.1 Å². The lowest BCUT2D eigenvalue weighted by Gasteiger charge is -2.34. The van der Waals surface area contributed by atoms with Crippen LogP contribution in [0.4, 0.5) is 10.5 Å². The SMILES string of the molecule is COC(=O)N1c2ccc3c(nc(CC(C(=O)O)c4ccccc4)n3[C@H]3CCC[C@H](OC)C3)c2CC[C@@H]1C. The van der Waals surface area contributed by atoms with Gasteiger partial charge in [0.05, 0.1) is 35.9 Å². The van der Waals surface area contributed by atoms with Gasteiger partial charge in [-0.15, -0.1) is 0 Å². The van der Waals surface area contributed by atoms with Gasteiger partial charge in [-0.2, -0.15) is 0 Å². The number of aliphatic carboxylic acids is 1. The summed E-state index contributed by atoms with van der Waals surface area (Å²) in [6.07, 6.45) is 5.60. The zero-order chi connectivity index (χ0) is 26.1. The Morgan fingerprint density at radius 3 is 2.59 bits per heavy atom. The molecular weight excluding hydrogens is 470 g/mol. The average molecular weight is 506 g/mol. The third-order valence-corrected chi connectivity index (χ3v) is 8.08. The summed E-state index contributed by atoms with van der Waals surface area (Å²) in [5.41, 5.74) is 4.45. The van der Waals surface area contributed by atoms with Crippen molar-refractivity contribution in [2.75, 3.05) is 19.1 Å². The number of methoxy groups -OCH3 is 2. The van der Waals surface area contributed by atoms with E-state index in [1.807, 2.05) is 49.4 Å². The molecule has 1 N–H and O–H groups in total. The highest BCUT2D eigenvalue weighted by atomic mass is 16.5. The third kappa shape index (κ3) is 4.70. The molecule has 2 heterocycles. The molecule has 1 aliphatic heterocycles. The van der Waals surface area contributed by atoms with Gasteiger partial charge in [-0.3, -0.25) is 9.69 Å². The maximum absolute atomic E-state index is 12.6. The molecule has 1 aromatic heterocycles. The molecule has 1 unspecified atom stereocenters. The van der Waals surface area contributed by atoms with Crippen molar-refractivity contribution in [1.29, 1.82) is 0 Å². The molecule has 0 radical (unpaired) electrons. The maximum Gasteiger partial charge on any atom is 0.414 e. The Kier molecular flexibility index (Phi) is 7.20. The van der Waals surface area contributed by atoms with E-state index in [1.165, 1.54) is 7.11 Å². The molecule has 1 amide bonds. The molecule has 2 aromatic carbocycles.